The van der Waals surface area contributed by atoms with E-state index in [1.54, 1.807) is 24.3 Å². The molecule has 0 heterocycles. The van der Waals surface area contributed by atoms with Crippen molar-refractivity contribution in [3.05, 3.63) is 54.1 Å². The molecule has 110 valence electrons. The van der Waals surface area contributed by atoms with Gasteiger partial charge in [0.25, 0.3) is 5.91 Å². The fraction of sp³-hybridized carbons (Fsp3) is 0.235. The SMILES string of the molecule is CCC(C)Oc1cccc(NC(=O)c2cccc(O)c2)c1. The molecule has 2 N–H and O–H groups in total. The van der Waals surface area contributed by atoms with Crippen molar-refractivity contribution in [1.29, 1.82) is 0 Å². The predicted octanol–water partition coefficient (Wildman–Crippen LogP) is 3.82. The monoisotopic (exact) mass is 285 g/mol. The van der Waals surface area contributed by atoms with Crippen molar-refractivity contribution < 1.29 is 14.6 Å². The van der Waals surface area contributed by atoms with Crippen LogP contribution in [0.2, 0.25) is 0 Å². The van der Waals surface area contributed by atoms with Crippen molar-refractivity contribution in [2.75, 3.05) is 5.32 Å². The summed E-state index contributed by atoms with van der Waals surface area (Å²) in [4.78, 5) is 12.1. The third-order valence-corrected chi connectivity index (χ3v) is 3.11. The number of amides is 1. The zero-order chi connectivity index (χ0) is 15.2. The van der Waals surface area contributed by atoms with Crippen LogP contribution in [0, 0.1) is 0 Å². The molecule has 0 aliphatic carbocycles. The van der Waals surface area contributed by atoms with Gasteiger partial charge >= 0.3 is 0 Å². The van der Waals surface area contributed by atoms with Crippen LogP contribution in [0.15, 0.2) is 48.5 Å². The number of hydrogen-bond acceptors (Lipinski definition) is 3. The second kappa shape index (κ2) is 6.79. The van der Waals surface area contributed by atoms with Crippen molar-refractivity contribution in [2.24, 2.45) is 0 Å². The summed E-state index contributed by atoms with van der Waals surface area (Å²) in [6, 6.07) is 13.5. The van der Waals surface area contributed by atoms with Gasteiger partial charge in [-0.3, -0.25) is 4.79 Å². The highest BCUT2D eigenvalue weighted by Crippen LogP contribution is 2.20. The molecular formula is C17H19NO3. The van der Waals surface area contributed by atoms with Gasteiger partial charge in [0.1, 0.15) is 11.5 Å². The molecule has 21 heavy (non-hydrogen) atoms. The molecule has 4 heteroatoms. The molecule has 2 aromatic carbocycles. The number of benzene rings is 2. The number of rotatable bonds is 5. The van der Waals surface area contributed by atoms with Crippen LogP contribution < -0.4 is 10.1 Å². The lowest BCUT2D eigenvalue weighted by molar-refractivity contribution is 0.102. The van der Waals surface area contributed by atoms with Gasteiger partial charge in [-0.2, -0.15) is 0 Å². The third kappa shape index (κ3) is 4.24. The summed E-state index contributed by atoms with van der Waals surface area (Å²) in [5, 5.41) is 12.2. The van der Waals surface area contributed by atoms with Crippen LogP contribution in [0.4, 0.5) is 5.69 Å². The molecule has 2 aromatic rings. The highest BCUT2D eigenvalue weighted by molar-refractivity contribution is 6.04. The van der Waals surface area contributed by atoms with Gasteiger partial charge in [-0.05, 0) is 43.7 Å². The second-order valence-electron chi connectivity index (χ2n) is 4.87. The summed E-state index contributed by atoms with van der Waals surface area (Å²) < 4.78 is 5.72. The van der Waals surface area contributed by atoms with Gasteiger partial charge in [-0.15, -0.1) is 0 Å². The number of hydrogen-bond donors (Lipinski definition) is 2. The Morgan fingerprint density at radius 3 is 2.71 bits per heavy atom. The minimum Gasteiger partial charge on any atom is -0.508 e. The molecule has 1 amide bonds. The Bertz CT molecular complexity index is 625. The molecule has 0 aliphatic rings. The Hall–Kier alpha value is -2.49. The maximum Gasteiger partial charge on any atom is 0.255 e. The first-order valence-electron chi connectivity index (χ1n) is 6.95. The summed E-state index contributed by atoms with van der Waals surface area (Å²) in [5.41, 5.74) is 1.06. The van der Waals surface area contributed by atoms with Crippen LogP contribution in [0.3, 0.4) is 0 Å². The Kier molecular flexibility index (Phi) is 4.82. The van der Waals surface area contributed by atoms with E-state index in [4.69, 9.17) is 4.74 Å². The first kappa shape index (κ1) is 14.9. The van der Waals surface area contributed by atoms with Crippen molar-refractivity contribution in [3.63, 3.8) is 0 Å². The maximum absolute atomic E-state index is 12.1. The van der Waals surface area contributed by atoms with E-state index < -0.39 is 0 Å². The number of carbonyl (C=O) groups is 1. The smallest absolute Gasteiger partial charge is 0.255 e. The predicted molar refractivity (Wildman–Crippen MR) is 82.9 cm³/mol. The van der Waals surface area contributed by atoms with E-state index in [1.807, 2.05) is 19.1 Å². The van der Waals surface area contributed by atoms with E-state index in [0.29, 0.717) is 11.3 Å². The largest absolute Gasteiger partial charge is 0.508 e. The van der Waals surface area contributed by atoms with Crippen LogP contribution in [0.1, 0.15) is 30.6 Å². The van der Waals surface area contributed by atoms with Crippen molar-refractivity contribution in [1.82, 2.24) is 0 Å². The van der Waals surface area contributed by atoms with Crippen molar-refractivity contribution >= 4 is 11.6 Å². The molecule has 0 saturated heterocycles. The summed E-state index contributed by atoms with van der Waals surface area (Å²) >= 11 is 0. The first-order valence-corrected chi connectivity index (χ1v) is 6.95. The topological polar surface area (TPSA) is 58.6 Å². The number of ether oxygens (including phenoxy) is 1. The highest BCUT2D eigenvalue weighted by Gasteiger charge is 2.08. The number of phenolic OH excluding ortho intramolecular Hbond substituents is 1. The van der Waals surface area contributed by atoms with Crippen LogP contribution in [-0.4, -0.2) is 17.1 Å². The number of phenols is 1. The van der Waals surface area contributed by atoms with E-state index in [2.05, 4.69) is 12.2 Å². The number of carbonyl (C=O) groups excluding carboxylic acids is 1. The Morgan fingerprint density at radius 1 is 1.24 bits per heavy atom. The quantitative estimate of drug-likeness (QED) is 0.878. The third-order valence-electron chi connectivity index (χ3n) is 3.11. The molecule has 0 radical (unpaired) electrons. The molecule has 0 spiro atoms. The molecule has 0 saturated carbocycles. The normalized spacial score (nSPS) is 11.7. The van der Waals surface area contributed by atoms with Crippen molar-refractivity contribution in [2.45, 2.75) is 26.4 Å². The molecule has 4 nitrogen and oxygen atoms in total. The molecule has 0 aromatic heterocycles. The molecule has 1 atom stereocenters. The van der Waals surface area contributed by atoms with Gasteiger partial charge in [-0.1, -0.05) is 19.1 Å². The van der Waals surface area contributed by atoms with Gasteiger partial charge in [0, 0.05) is 17.3 Å². The van der Waals surface area contributed by atoms with E-state index in [9.17, 15) is 9.90 Å². The number of nitrogens with one attached hydrogen (secondary N) is 1. The lowest BCUT2D eigenvalue weighted by Crippen LogP contribution is -2.13. The summed E-state index contributed by atoms with van der Waals surface area (Å²) in [5.74, 6) is 0.515. The van der Waals surface area contributed by atoms with Gasteiger partial charge in [0.2, 0.25) is 0 Å². The van der Waals surface area contributed by atoms with E-state index in [-0.39, 0.29) is 17.8 Å². The first-order chi connectivity index (χ1) is 10.1. The lowest BCUT2D eigenvalue weighted by atomic mass is 10.2. The van der Waals surface area contributed by atoms with Gasteiger partial charge < -0.3 is 15.2 Å². The Balaban J connectivity index is 2.09. The Labute approximate surface area is 124 Å². The Morgan fingerprint density at radius 2 is 2.00 bits per heavy atom. The van der Waals surface area contributed by atoms with Gasteiger partial charge in [0.15, 0.2) is 0 Å². The standard InChI is InChI=1S/C17H19NO3/c1-3-12(2)21-16-9-5-7-14(11-16)18-17(20)13-6-4-8-15(19)10-13/h4-12,19H,3H2,1-2H3,(H,18,20). The second-order valence-corrected chi connectivity index (χ2v) is 4.87. The maximum atomic E-state index is 12.1. The van der Waals surface area contributed by atoms with Crippen LogP contribution in [0.5, 0.6) is 11.5 Å². The average molecular weight is 285 g/mol. The molecular weight excluding hydrogens is 266 g/mol. The molecule has 0 aliphatic heterocycles. The van der Waals surface area contributed by atoms with E-state index in [1.165, 1.54) is 12.1 Å². The van der Waals surface area contributed by atoms with Gasteiger partial charge in [-0.25, -0.2) is 0 Å². The van der Waals surface area contributed by atoms with Crippen LogP contribution >= 0.6 is 0 Å². The highest BCUT2D eigenvalue weighted by atomic mass is 16.5. The molecule has 0 fully saturated rings. The molecule has 2 rings (SSSR count). The minimum atomic E-state index is -0.272. The number of anilines is 1. The fourth-order valence-corrected chi connectivity index (χ4v) is 1.81. The average Bonchev–Trinajstić information content (AvgIpc) is 2.47. The summed E-state index contributed by atoms with van der Waals surface area (Å²) in [6.45, 7) is 4.05. The number of aromatic hydroxyl groups is 1. The summed E-state index contributed by atoms with van der Waals surface area (Å²) in [7, 11) is 0. The van der Waals surface area contributed by atoms with Gasteiger partial charge in [0.05, 0.1) is 6.10 Å². The minimum absolute atomic E-state index is 0.0662. The van der Waals surface area contributed by atoms with E-state index in [0.717, 1.165) is 12.2 Å². The van der Waals surface area contributed by atoms with Crippen molar-refractivity contribution in [3.8, 4) is 11.5 Å². The lowest BCUT2D eigenvalue weighted by Gasteiger charge is -2.13. The zero-order valence-corrected chi connectivity index (χ0v) is 12.2. The van der Waals surface area contributed by atoms with Crippen LogP contribution in [-0.2, 0) is 0 Å². The molecule has 1 unspecified atom stereocenters. The zero-order valence-electron chi connectivity index (χ0n) is 12.2. The summed E-state index contributed by atoms with van der Waals surface area (Å²) in [6.07, 6.45) is 1.04. The van der Waals surface area contributed by atoms with Crippen LogP contribution in [0.25, 0.3) is 0 Å². The molecule has 0 bridgehead atoms. The van der Waals surface area contributed by atoms with E-state index >= 15 is 0 Å². The fourth-order valence-electron chi connectivity index (χ4n) is 1.81.